The molecule has 17 heavy (non-hydrogen) atoms. The Hall–Kier alpha value is -0.450. The van der Waals surface area contributed by atoms with E-state index in [0.717, 1.165) is 36.5 Å². The number of nitrogens with zero attached hydrogens (tertiary/aromatic N) is 1. The maximum Gasteiger partial charge on any atom is 0.130 e. The van der Waals surface area contributed by atoms with E-state index in [4.69, 9.17) is 5.11 Å². The van der Waals surface area contributed by atoms with Crippen molar-refractivity contribution in [2.75, 3.05) is 12.4 Å². The average Bonchev–Trinajstić information content (AvgIpc) is 2.38. The second-order valence-corrected chi connectivity index (χ2v) is 6.23. The molecule has 2 rings (SSSR count). The highest BCUT2D eigenvalue weighted by atomic mass is 32.2. The van der Waals surface area contributed by atoms with Crippen molar-refractivity contribution in [3.05, 3.63) is 29.8 Å². The molecule has 0 radical (unpaired) electrons. The third-order valence-electron chi connectivity index (χ3n) is 2.58. The third kappa shape index (κ3) is 4.05. The van der Waals surface area contributed by atoms with Crippen LogP contribution in [0, 0.1) is 0 Å². The molecule has 2 nitrogen and oxygen atoms in total. The van der Waals surface area contributed by atoms with Gasteiger partial charge in [0, 0.05) is 18.1 Å². The van der Waals surface area contributed by atoms with E-state index in [1.807, 2.05) is 29.6 Å². The molecule has 0 amide bonds. The number of para-hydroxylation sites is 1. The summed E-state index contributed by atoms with van der Waals surface area (Å²) in [6.07, 6.45) is 3.19. The lowest BCUT2D eigenvalue weighted by atomic mass is 10.2. The summed E-state index contributed by atoms with van der Waals surface area (Å²) in [7, 11) is 0. The van der Waals surface area contributed by atoms with Crippen molar-refractivity contribution in [1.82, 2.24) is 0 Å². The summed E-state index contributed by atoms with van der Waals surface area (Å²) in [6, 6.07) is 8.35. The van der Waals surface area contributed by atoms with Gasteiger partial charge in [0.25, 0.3) is 0 Å². The molecule has 1 aliphatic heterocycles. The molecular formula is C13H17NOS2. The van der Waals surface area contributed by atoms with Crippen molar-refractivity contribution in [2.45, 2.75) is 25.0 Å². The lowest BCUT2D eigenvalue weighted by molar-refractivity contribution is 0.284. The van der Waals surface area contributed by atoms with Crippen LogP contribution in [-0.2, 0) is 5.75 Å². The van der Waals surface area contributed by atoms with Crippen molar-refractivity contribution in [2.24, 2.45) is 4.99 Å². The summed E-state index contributed by atoms with van der Waals surface area (Å²) in [5.41, 5.74) is 2.46. The maximum absolute atomic E-state index is 8.69. The van der Waals surface area contributed by atoms with E-state index in [9.17, 15) is 0 Å². The minimum absolute atomic E-state index is 0.313. The minimum Gasteiger partial charge on any atom is -0.396 e. The smallest absolute Gasteiger partial charge is 0.130 e. The Morgan fingerprint density at radius 3 is 3.00 bits per heavy atom. The van der Waals surface area contributed by atoms with Crippen molar-refractivity contribution in [1.29, 1.82) is 0 Å². The lowest BCUT2D eigenvalue weighted by Crippen LogP contribution is -1.96. The Morgan fingerprint density at radius 2 is 2.12 bits per heavy atom. The number of fused-ring (bicyclic) bond motifs is 1. The van der Waals surface area contributed by atoms with E-state index < -0.39 is 0 Å². The summed E-state index contributed by atoms with van der Waals surface area (Å²) in [5.74, 6) is 2.15. The van der Waals surface area contributed by atoms with Crippen LogP contribution in [0.25, 0.3) is 0 Å². The minimum atomic E-state index is 0.313. The lowest BCUT2D eigenvalue weighted by Gasteiger charge is -2.13. The molecule has 92 valence electrons. The number of hydrogen-bond donors (Lipinski definition) is 1. The first kappa shape index (κ1) is 13.0. The summed E-state index contributed by atoms with van der Waals surface area (Å²) in [5, 5.41) is 8.69. The zero-order valence-corrected chi connectivity index (χ0v) is 11.4. The quantitative estimate of drug-likeness (QED) is 0.823. The van der Waals surface area contributed by atoms with Crippen LogP contribution in [0.15, 0.2) is 29.3 Å². The molecule has 1 aromatic rings. The number of unbranched alkanes of at least 4 members (excludes halogenated alkanes) is 2. The fourth-order valence-corrected chi connectivity index (χ4v) is 3.77. The monoisotopic (exact) mass is 267 g/mol. The van der Waals surface area contributed by atoms with Gasteiger partial charge in [-0.1, -0.05) is 48.1 Å². The molecule has 0 aromatic heterocycles. The standard InChI is InChI=1S/C13H17NOS2/c15-8-4-1-5-9-16-13-14-12-7-3-2-6-11(12)10-17-13/h2-3,6-7,15H,1,4-5,8-10H2. The molecule has 0 bridgehead atoms. The molecule has 1 aromatic carbocycles. The van der Waals surface area contributed by atoms with Crippen LogP contribution in [0.3, 0.4) is 0 Å². The molecule has 0 unspecified atom stereocenters. The van der Waals surface area contributed by atoms with Gasteiger partial charge >= 0.3 is 0 Å². The molecule has 4 heteroatoms. The molecule has 0 spiro atoms. The van der Waals surface area contributed by atoms with Gasteiger partial charge in [-0.25, -0.2) is 4.99 Å². The molecular weight excluding hydrogens is 250 g/mol. The largest absolute Gasteiger partial charge is 0.396 e. The number of hydrogen-bond acceptors (Lipinski definition) is 4. The van der Waals surface area contributed by atoms with Crippen molar-refractivity contribution < 1.29 is 5.11 Å². The van der Waals surface area contributed by atoms with Crippen LogP contribution >= 0.6 is 23.5 Å². The number of aliphatic imine (C=N–C) groups is 1. The van der Waals surface area contributed by atoms with Crippen molar-refractivity contribution >= 4 is 33.6 Å². The fourth-order valence-electron chi connectivity index (χ4n) is 1.64. The van der Waals surface area contributed by atoms with Crippen LogP contribution < -0.4 is 0 Å². The van der Waals surface area contributed by atoms with Crippen molar-refractivity contribution in [3.63, 3.8) is 0 Å². The van der Waals surface area contributed by atoms with Gasteiger partial charge in [0.05, 0.1) is 5.69 Å². The molecule has 1 N–H and O–H groups in total. The van der Waals surface area contributed by atoms with Gasteiger partial charge in [0.2, 0.25) is 0 Å². The Morgan fingerprint density at radius 1 is 1.24 bits per heavy atom. The number of thioether (sulfide) groups is 2. The van der Waals surface area contributed by atoms with Gasteiger partial charge in [-0.3, -0.25) is 0 Å². The van der Waals surface area contributed by atoms with E-state index in [1.54, 1.807) is 0 Å². The number of rotatable bonds is 5. The topological polar surface area (TPSA) is 32.6 Å². The first-order chi connectivity index (χ1) is 8.40. The Kier molecular flexibility index (Phi) is 5.42. The molecule has 0 fully saturated rings. The molecule has 0 saturated heterocycles. The average molecular weight is 267 g/mol. The van der Waals surface area contributed by atoms with Gasteiger partial charge in [-0.15, -0.1) is 0 Å². The SMILES string of the molecule is OCCCCCSC1=Nc2ccccc2CS1. The Balaban J connectivity index is 1.81. The highest BCUT2D eigenvalue weighted by Crippen LogP contribution is 2.34. The highest BCUT2D eigenvalue weighted by Gasteiger charge is 2.11. The number of aliphatic hydroxyl groups is 1. The van der Waals surface area contributed by atoms with E-state index in [1.165, 1.54) is 9.94 Å². The third-order valence-corrected chi connectivity index (χ3v) is 4.91. The predicted molar refractivity (Wildman–Crippen MR) is 78.2 cm³/mol. The van der Waals surface area contributed by atoms with E-state index >= 15 is 0 Å². The zero-order chi connectivity index (χ0) is 11.9. The summed E-state index contributed by atoms with van der Waals surface area (Å²) in [4.78, 5) is 4.66. The van der Waals surface area contributed by atoms with Gasteiger partial charge < -0.3 is 5.11 Å². The first-order valence-electron chi connectivity index (χ1n) is 5.93. The van der Waals surface area contributed by atoms with Crippen LogP contribution in [0.2, 0.25) is 0 Å². The Bertz CT molecular complexity index is 393. The van der Waals surface area contributed by atoms with Crippen LogP contribution in [0.1, 0.15) is 24.8 Å². The summed E-state index contributed by atoms with van der Waals surface area (Å²) < 4.78 is 1.19. The van der Waals surface area contributed by atoms with E-state index in [0.29, 0.717) is 6.61 Å². The fraction of sp³-hybridized carbons (Fsp3) is 0.462. The molecule has 0 aliphatic carbocycles. The van der Waals surface area contributed by atoms with E-state index in [-0.39, 0.29) is 0 Å². The second kappa shape index (κ2) is 7.09. The highest BCUT2D eigenvalue weighted by molar-refractivity contribution is 8.38. The van der Waals surface area contributed by atoms with Gasteiger partial charge in [-0.2, -0.15) is 0 Å². The molecule has 0 saturated carbocycles. The molecule has 1 heterocycles. The van der Waals surface area contributed by atoms with Crippen LogP contribution in [0.4, 0.5) is 5.69 Å². The normalized spacial score (nSPS) is 14.3. The van der Waals surface area contributed by atoms with Crippen LogP contribution in [-0.4, -0.2) is 21.8 Å². The van der Waals surface area contributed by atoms with Gasteiger partial charge in [0.15, 0.2) is 0 Å². The zero-order valence-electron chi connectivity index (χ0n) is 9.76. The predicted octanol–water partition coefficient (Wildman–Crippen LogP) is 3.82. The summed E-state index contributed by atoms with van der Waals surface area (Å²) >= 11 is 3.68. The Labute approximate surface area is 111 Å². The molecule has 1 aliphatic rings. The van der Waals surface area contributed by atoms with Gasteiger partial charge in [-0.05, 0) is 24.5 Å². The summed E-state index contributed by atoms with van der Waals surface area (Å²) in [6.45, 7) is 0.313. The van der Waals surface area contributed by atoms with Gasteiger partial charge in [0.1, 0.15) is 4.38 Å². The second-order valence-electron chi connectivity index (χ2n) is 3.93. The van der Waals surface area contributed by atoms with Crippen LogP contribution in [0.5, 0.6) is 0 Å². The van der Waals surface area contributed by atoms with Crippen molar-refractivity contribution in [3.8, 4) is 0 Å². The number of benzene rings is 1. The van der Waals surface area contributed by atoms with E-state index in [2.05, 4.69) is 23.2 Å². The number of aliphatic hydroxyl groups excluding tert-OH is 1. The maximum atomic E-state index is 8.69. The first-order valence-corrected chi connectivity index (χ1v) is 7.90. The molecule has 0 atom stereocenters.